The number of nitrogens with two attached hydrogens (primary N) is 1. The molecule has 1 aromatic rings. The van der Waals surface area contributed by atoms with Crippen LogP contribution in [-0.2, 0) is 11.2 Å². The Bertz CT molecular complexity index is 410. The summed E-state index contributed by atoms with van der Waals surface area (Å²) < 4.78 is 5.51. The molecule has 0 aliphatic carbocycles. The second kappa shape index (κ2) is 8.77. The van der Waals surface area contributed by atoms with Gasteiger partial charge in [-0.05, 0) is 31.5 Å². The Balaban J connectivity index is 2.52. The number of halogens is 1. The lowest BCUT2D eigenvalue weighted by molar-refractivity contribution is -0.123. The number of unbranched alkanes of at least 4 members (excludes halogenated alkanes) is 1. The first-order valence-corrected chi connectivity index (χ1v) is 6.93. The lowest BCUT2D eigenvalue weighted by Crippen LogP contribution is -2.29. The van der Waals surface area contributed by atoms with E-state index < -0.39 is 0 Å². The third-order valence-corrected chi connectivity index (χ3v) is 3.04. The van der Waals surface area contributed by atoms with Crippen molar-refractivity contribution in [3.8, 4) is 5.75 Å². The molecule has 0 aliphatic heterocycles. The van der Waals surface area contributed by atoms with Gasteiger partial charge in [-0.1, -0.05) is 31.0 Å². The Hall–Kier alpha value is -1.26. The minimum Gasteiger partial charge on any atom is -0.483 e. The quantitative estimate of drug-likeness (QED) is 0.719. The van der Waals surface area contributed by atoms with Gasteiger partial charge < -0.3 is 15.8 Å². The molecule has 5 heteroatoms. The summed E-state index contributed by atoms with van der Waals surface area (Å²) in [7, 11) is 0. The molecule has 1 rings (SSSR count). The number of rotatable bonds is 8. The van der Waals surface area contributed by atoms with Crippen LogP contribution in [0.4, 0.5) is 0 Å². The molecule has 19 heavy (non-hydrogen) atoms. The van der Waals surface area contributed by atoms with Gasteiger partial charge in [0.2, 0.25) is 0 Å². The number of hydrogen-bond donors (Lipinski definition) is 2. The molecule has 0 aromatic heterocycles. The molecule has 0 spiro atoms. The smallest absolute Gasteiger partial charge is 0.257 e. The summed E-state index contributed by atoms with van der Waals surface area (Å²) in [6.45, 7) is 3.25. The van der Waals surface area contributed by atoms with Crippen molar-refractivity contribution in [3.63, 3.8) is 0 Å². The number of ether oxygens (including phenoxy) is 1. The molecule has 0 saturated carbocycles. The number of carbonyl (C=O) groups is 1. The number of amides is 1. The van der Waals surface area contributed by atoms with Gasteiger partial charge in [0.1, 0.15) is 5.75 Å². The lowest BCUT2D eigenvalue weighted by atomic mass is 10.1. The third kappa shape index (κ3) is 5.49. The van der Waals surface area contributed by atoms with E-state index in [9.17, 15) is 4.79 Å². The van der Waals surface area contributed by atoms with Crippen LogP contribution in [0.3, 0.4) is 0 Å². The van der Waals surface area contributed by atoms with Crippen molar-refractivity contribution in [2.45, 2.75) is 26.2 Å². The fourth-order valence-corrected chi connectivity index (χ4v) is 1.92. The number of carbonyl (C=O) groups excluding carboxylic acids is 1. The topological polar surface area (TPSA) is 64.3 Å². The summed E-state index contributed by atoms with van der Waals surface area (Å²) >= 11 is 6.09. The highest BCUT2D eigenvalue weighted by Gasteiger charge is 2.09. The van der Waals surface area contributed by atoms with E-state index >= 15 is 0 Å². The van der Waals surface area contributed by atoms with Crippen molar-refractivity contribution in [1.82, 2.24) is 5.32 Å². The largest absolute Gasteiger partial charge is 0.483 e. The lowest BCUT2D eigenvalue weighted by Gasteiger charge is -2.12. The molecule has 1 aromatic carbocycles. The molecule has 1 amide bonds. The van der Waals surface area contributed by atoms with E-state index in [0.717, 1.165) is 18.4 Å². The standard InChI is InChI=1S/C14H21ClN2O2/c1-2-3-9-17-14(18)10-19-13-6-4-5-12(15)11(13)7-8-16/h4-6H,2-3,7-10,16H2,1H3,(H,17,18). The normalized spacial score (nSPS) is 10.3. The zero-order valence-electron chi connectivity index (χ0n) is 11.2. The maximum absolute atomic E-state index is 11.6. The molecule has 0 aliphatic rings. The van der Waals surface area contributed by atoms with E-state index in [-0.39, 0.29) is 12.5 Å². The van der Waals surface area contributed by atoms with Crippen molar-refractivity contribution in [3.05, 3.63) is 28.8 Å². The van der Waals surface area contributed by atoms with Crippen LogP contribution in [0.5, 0.6) is 5.75 Å². The second-order valence-electron chi connectivity index (χ2n) is 4.25. The predicted molar refractivity (Wildman–Crippen MR) is 77.6 cm³/mol. The van der Waals surface area contributed by atoms with Crippen molar-refractivity contribution < 1.29 is 9.53 Å². The van der Waals surface area contributed by atoms with Crippen LogP contribution in [0, 0.1) is 0 Å². The second-order valence-corrected chi connectivity index (χ2v) is 4.65. The predicted octanol–water partition coefficient (Wildman–Crippen LogP) is 2.14. The van der Waals surface area contributed by atoms with Crippen LogP contribution in [0.1, 0.15) is 25.3 Å². The summed E-state index contributed by atoms with van der Waals surface area (Å²) in [5.41, 5.74) is 6.40. The van der Waals surface area contributed by atoms with E-state index in [1.54, 1.807) is 18.2 Å². The molecule has 4 nitrogen and oxygen atoms in total. The Kier molecular flexibility index (Phi) is 7.30. The Labute approximate surface area is 119 Å². The van der Waals surface area contributed by atoms with Gasteiger partial charge in [-0.3, -0.25) is 4.79 Å². The maximum Gasteiger partial charge on any atom is 0.257 e. The molecular formula is C14H21ClN2O2. The fourth-order valence-electron chi connectivity index (χ4n) is 1.66. The zero-order valence-corrected chi connectivity index (χ0v) is 12.0. The van der Waals surface area contributed by atoms with Gasteiger partial charge in [-0.25, -0.2) is 0 Å². The first-order chi connectivity index (χ1) is 9.19. The Morgan fingerprint density at radius 2 is 2.26 bits per heavy atom. The minimum atomic E-state index is -0.118. The molecule has 0 heterocycles. The summed E-state index contributed by atoms with van der Waals surface area (Å²) in [6, 6.07) is 5.39. The van der Waals surface area contributed by atoms with Gasteiger partial charge in [0.05, 0.1) is 0 Å². The number of nitrogens with one attached hydrogen (secondary N) is 1. The first-order valence-electron chi connectivity index (χ1n) is 6.56. The van der Waals surface area contributed by atoms with Gasteiger partial charge in [-0.15, -0.1) is 0 Å². The summed E-state index contributed by atoms with van der Waals surface area (Å²) in [5.74, 6) is 0.510. The molecule has 0 fully saturated rings. The van der Waals surface area contributed by atoms with Gasteiger partial charge in [0.25, 0.3) is 5.91 Å². The minimum absolute atomic E-state index is 0.00162. The van der Waals surface area contributed by atoms with Gasteiger partial charge in [-0.2, -0.15) is 0 Å². The summed E-state index contributed by atoms with van der Waals surface area (Å²) in [5, 5.41) is 3.42. The molecule has 0 radical (unpaired) electrons. The highest BCUT2D eigenvalue weighted by molar-refractivity contribution is 6.31. The molecule has 0 bridgehead atoms. The van der Waals surface area contributed by atoms with E-state index in [1.807, 2.05) is 0 Å². The molecule has 0 saturated heterocycles. The molecular weight excluding hydrogens is 264 g/mol. The summed E-state index contributed by atoms with van der Waals surface area (Å²) in [4.78, 5) is 11.6. The van der Waals surface area contributed by atoms with E-state index in [2.05, 4.69) is 12.2 Å². The van der Waals surface area contributed by atoms with Crippen molar-refractivity contribution >= 4 is 17.5 Å². The highest BCUT2D eigenvalue weighted by atomic mass is 35.5. The van der Waals surface area contributed by atoms with Crippen LogP contribution in [-0.4, -0.2) is 25.6 Å². The third-order valence-electron chi connectivity index (χ3n) is 2.68. The van der Waals surface area contributed by atoms with Crippen molar-refractivity contribution in [2.24, 2.45) is 5.73 Å². The van der Waals surface area contributed by atoms with E-state index in [0.29, 0.717) is 30.3 Å². The van der Waals surface area contributed by atoms with Crippen molar-refractivity contribution in [1.29, 1.82) is 0 Å². The number of benzene rings is 1. The van der Waals surface area contributed by atoms with Crippen LogP contribution >= 0.6 is 11.6 Å². The highest BCUT2D eigenvalue weighted by Crippen LogP contribution is 2.26. The van der Waals surface area contributed by atoms with Gasteiger partial charge in [0.15, 0.2) is 6.61 Å². The van der Waals surface area contributed by atoms with E-state index in [1.165, 1.54) is 0 Å². The fraction of sp³-hybridized carbons (Fsp3) is 0.500. The molecule has 0 atom stereocenters. The average molecular weight is 285 g/mol. The zero-order chi connectivity index (χ0) is 14.1. The van der Waals surface area contributed by atoms with Crippen LogP contribution in [0.2, 0.25) is 5.02 Å². The molecule has 106 valence electrons. The van der Waals surface area contributed by atoms with Gasteiger partial charge >= 0.3 is 0 Å². The van der Waals surface area contributed by atoms with Crippen LogP contribution in [0.15, 0.2) is 18.2 Å². The monoisotopic (exact) mass is 284 g/mol. The maximum atomic E-state index is 11.6. The number of hydrogen-bond acceptors (Lipinski definition) is 3. The average Bonchev–Trinajstić information content (AvgIpc) is 2.40. The molecule has 0 unspecified atom stereocenters. The molecule has 3 N–H and O–H groups in total. The SMILES string of the molecule is CCCCNC(=O)COc1cccc(Cl)c1CCN. The van der Waals surface area contributed by atoms with Gasteiger partial charge in [0, 0.05) is 17.1 Å². The Morgan fingerprint density at radius 3 is 2.95 bits per heavy atom. The first kappa shape index (κ1) is 15.8. The van der Waals surface area contributed by atoms with Crippen LogP contribution in [0.25, 0.3) is 0 Å². The van der Waals surface area contributed by atoms with E-state index in [4.69, 9.17) is 22.1 Å². The Morgan fingerprint density at radius 1 is 1.47 bits per heavy atom. The summed E-state index contributed by atoms with van der Waals surface area (Å²) in [6.07, 6.45) is 2.66. The van der Waals surface area contributed by atoms with Crippen LogP contribution < -0.4 is 15.8 Å². The van der Waals surface area contributed by atoms with Crippen molar-refractivity contribution in [2.75, 3.05) is 19.7 Å².